The standard InChI is InChI=1S/C23H31N3O3S2/c1-14-11-25(12-15(2)29-14)19(27)13-30-23-24-21-20(17-9-5-6-10-18(17)31-21)22(28)26(23)16-7-3-4-8-16/h14-16H,3-13H2,1-2H3. The Morgan fingerprint density at radius 2 is 1.84 bits per heavy atom. The first-order chi connectivity index (χ1) is 15.0. The number of fused-ring (bicyclic) bond motifs is 3. The number of nitrogens with zero attached hydrogens (tertiary/aromatic N) is 3. The minimum atomic E-state index is 0.0567. The lowest BCUT2D eigenvalue weighted by Crippen LogP contribution is -2.48. The number of ether oxygens (including phenoxy) is 1. The fraction of sp³-hybridized carbons (Fsp3) is 0.696. The van der Waals surface area contributed by atoms with E-state index in [9.17, 15) is 9.59 Å². The smallest absolute Gasteiger partial charge is 0.263 e. The monoisotopic (exact) mass is 461 g/mol. The first kappa shape index (κ1) is 21.5. The molecule has 1 saturated carbocycles. The van der Waals surface area contributed by atoms with Crippen molar-refractivity contribution in [2.75, 3.05) is 18.8 Å². The highest BCUT2D eigenvalue weighted by molar-refractivity contribution is 7.99. The molecule has 1 aliphatic heterocycles. The topological polar surface area (TPSA) is 64.4 Å². The fourth-order valence-electron chi connectivity index (χ4n) is 5.38. The van der Waals surface area contributed by atoms with Crippen LogP contribution in [0.3, 0.4) is 0 Å². The molecule has 0 aromatic carbocycles. The van der Waals surface area contributed by atoms with Gasteiger partial charge in [-0.15, -0.1) is 11.3 Å². The van der Waals surface area contributed by atoms with Gasteiger partial charge in [0.2, 0.25) is 5.91 Å². The van der Waals surface area contributed by atoms with Gasteiger partial charge in [0.1, 0.15) is 4.83 Å². The molecule has 3 heterocycles. The van der Waals surface area contributed by atoms with Gasteiger partial charge in [-0.05, 0) is 57.9 Å². The Morgan fingerprint density at radius 3 is 2.58 bits per heavy atom. The average Bonchev–Trinajstić information content (AvgIpc) is 3.38. The van der Waals surface area contributed by atoms with Gasteiger partial charge in [-0.2, -0.15) is 0 Å². The first-order valence-corrected chi connectivity index (χ1v) is 13.4. The van der Waals surface area contributed by atoms with Crippen LogP contribution in [0.25, 0.3) is 10.2 Å². The zero-order valence-corrected chi connectivity index (χ0v) is 20.0. The number of aryl methyl sites for hydroxylation is 2. The predicted octanol–water partition coefficient (Wildman–Crippen LogP) is 4.18. The van der Waals surface area contributed by atoms with Crippen LogP contribution in [0.15, 0.2) is 9.95 Å². The van der Waals surface area contributed by atoms with Crippen LogP contribution in [0.5, 0.6) is 0 Å². The van der Waals surface area contributed by atoms with Gasteiger partial charge in [0, 0.05) is 24.0 Å². The van der Waals surface area contributed by atoms with Crippen molar-refractivity contribution in [3.63, 3.8) is 0 Å². The molecule has 2 aromatic rings. The summed E-state index contributed by atoms with van der Waals surface area (Å²) in [6.45, 7) is 5.27. The Labute approximate surface area is 191 Å². The van der Waals surface area contributed by atoms with Gasteiger partial charge in [0.25, 0.3) is 5.56 Å². The third-order valence-electron chi connectivity index (χ3n) is 6.78. The van der Waals surface area contributed by atoms with Gasteiger partial charge in [-0.3, -0.25) is 14.2 Å². The number of rotatable bonds is 4. The summed E-state index contributed by atoms with van der Waals surface area (Å²) >= 11 is 3.13. The van der Waals surface area contributed by atoms with Crippen LogP contribution in [0, 0.1) is 0 Å². The van der Waals surface area contributed by atoms with Gasteiger partial charge in [-0.1, -0.05) is 24.6 Å². The molecule has 1 saturated heterocycles. The number of carbonyl (C=O) groups excluding carboxylic acids is 1. The molecule has 0 radical (unpaired) electrons. The summed E-state index contributed by atoms with van der Waals surface area (Å²) in [5, 5.41) is 1.59. The lowest BCUT2D eigenvalue weighted by Gasteiger charge is -2.35. The molecule has 6 nitrogen and oxygen atoms in total. The Kier molecular flexibility index (Phi) is 6.14. The van der Waals surface area contributed by atoms with Crippen LogP contribution >= 0.6 is 23.1 Å². The zero-order valence-electron chi connectivity index (χ0n) is 18.4. The molecule has 5 rings (SSSR count). The summed E-state index contributed by atoms with van der Waals surface area (Å²) in [6.07, 6.45) is 8.89. The normalized spacial score (nSPS) is 24.6. The Hall–Kier alpha value is -1.38. The average molecular weight is 462 g/mol. The summed E-state index contributed by atoms with van der Waals surface area (Å²) in [5.41, 5.74) is 1.37. The second-order valence-corrected chi connectivity index (χ2v) is 11.3. The third kappa shape index (κ3) is 4.18. The van der Waals surface area contributed by atoms with E-state index in [0.717, 1.165) is 60.3 Å². The molecule has 0 N–H and O–H groups in total. The number of morpholine rings is 1. The summed E-state index contributed by atoms with van der Waals surface area (Å²) in [7, 11) is 0. The molecule has 2 atom stereocenters. The number of amides is 1. The summed E-state index contributed by atoms with van der Waals surface area (Å²) in [5.74, 6) is 0.416. The van der Waals surface area contributed by atoms with E-state index < -0.39 is 0 Å². The van der Waals surface area contributed by atoms with E-state index in [-0.39, 0.29) is 29.7 Å². The Bertz CT molecular complexity index is 1030. The number of thioether (sulfide) groups is 1. The van der Waals surface area contributed by atoms with Gasteiger partial charge in [0.15, 0.2) is 5.16 Å². The quantitative estimate of drug-likeness (QED) is 0.505. The van der Waals surface area contributed by atoms with Crippen molar-refractivity contribution in [2.45, 2.75) is 88.6 Å². The van der Waals surface area contributed by atoms with Crippen molar-refractivity contribution in [3.05, 3.63) is 20.8 Å². The zero-order chi connectivity index (χ0) is 21.5. The summed E-state index contributed by atoms with van der Waals surface area (Å²) < 4.78 is 7.71. The van der Waals surface area contributed by atoms with Crippen molar-refractivity contribution < 1.29 is 9.53 Å². The molecule has 2 aromatic heterocycles. The van der Waals surface area contributed by atoms with Gasteiger partial charge in [-0.25, -0.2) is 4.98 Å². The summed E-state index contributed by atoms with van der Waals surface area (Å²) in [4.78, 5) is 35.7. The lowest BCUT2D eigenvalue weighted by molar-refractivity contribution is -0.140. The second-order valence-electron chi connectivity index (χ2n) is 9.24. The summed E-state index contributed by atoms with van der Waals surface area (Å²) in [6, 6.07) is 0.213. The number of aromatic nitrogens is 2. The largest absolute Gasteiger partial charge is 0.372 e. The molecular weight excluding hydrogens is 430 g/mol. The molecule has 0 bridgehead atoms. The van der Waals surface area contributed by atoms with E-state index in [0.29, 0.717) is 18.8 Å². The van der Waals surface area contributed by atoms with Gasteiger partial charge < -0.3 is 9.64 Å². The van der Waals surface area contributed by atoms with Gasteiger partial charge in [0.05, 0.1) is 23.3 Å². The molecule has 8 heteroatoms. The molecule has 2 unspecified atom stereocenters. The maximum Gasteiger partial charge on any atom is 0.263 e. The molecule has 1 amide bonds. The van der Waals surface area contributed by atoms with E-state index >= 15 is 0 Å². The van der Waals surface area contributed by atoms with Crippen LogP contribution in [0.4, 0.5) is 0 Å². The number of thiophene rings is 1. The molecule has 2 aliphatic carbocycles. The van der Waals surface area contributed by atoms with E-state index in [1.54, 1.807) is 11.3 Å². The van der Waals surface area contributed by atoms with Crippen LogP contribution in [-0.4, -0.2) is 51.4 Å². The second kappa shape index (κ2) is 8.87. The van der Waals surface area contributed by atoms with Crippen LogP contribution < -0.4 is 5.56 Å². The first-order valence-electron chi connectivity index (χ1n) is 11.6. The highest BCUT2D eigenvalue weighted by atomic mass is 32.2. The molecule has 31 heavy (non-hydrogen) atoms. The van der Waals surface area contributed by atoms with Crippen molar-refractivity contribution in [1.29, 1.82) is 0 Å². The van der Waals surface area contributed by atoms with E-state index in [1.807, 2.05) is 23.3 Å². The maximum absolute atomic E-state index is 13.7. The minimum absolute atomic E-state index is 0.0567. The van der Waals surface area contributed by atoms with E-state index in [1.165, 1.54) is 28.6 Å². The lowest BCUT2D eigenvalue weighted by atomic mass is 9.97. The minimum Gasteiger partial charge on any atom is -0.372 e. The van der Waals surface area contributed by atoms with E-state index in [2.05, 4.69) is 0 Å². The van der Waals surface area contributed by atoms with Gasteiger partial charge >= 0.3 is 0 Å². The molecule has 3 aliphatic rings. The number of hydrogen-bond donors (Lipinski definition) is 0. The molecule has 0 spiro atoms. The number of hydrogen-bond acceptors (Lipinski definition) is 6. The molecule has 168 valence electrons. The molecule has 2 fully saturated rings. The fourth-order valence-corrected chi connectivity index (χ4v) is 7.66. The maximum atomic E-state index is 13.7. The molecular formula is C23H31N3O3S2. The third-order valence-corrected chi connectivity index (χ3v) is 8.90. The van der Waals surface area contributed by atoms with Crippen molar-refractivity contribution >= 4 is 39.2 Å². The van der Waals surface area contributed by atoms with Crippen LogP contribution in [0.1, 0.15) is 68.9 Å². The Morgan fingerprint density at radius 1 is 1.13 bits per heavy atom. The van der Waals surface area contributed by atoms with E-state index in [4.69, 9.17) is 9.72 Å². The van der Waals surface area contributed by atoms with Crippen molar-refractivity contribution in [1.82, 2.24) is 14.5 Å². The van der Waals surface area contributed by atoms with Crippen LogP contribution in [0.2, 0.25) is 0 Å². The van der Waals surface area contributed by atoms with Crippen LogP contribution in [-0.2, 0) is 22.4 Å². The highest BCUT2D eigenvalue weighted by Crippen LogP contribution is 2.37. The Balaban J connectivity index is 1.46. The predicted molar refractivity (Wildman–Crippen MR) is 125 cm³/mol. The van der Waals surface area contributed by atoms with Crippen molar-refractivity contribution in [2.24, 2.45) is 0 Å². The SMILES string of the molecule is CC1CN(C(=O)CSc2nc3sc4c(c3c(=O)n2C2CCCC2)CCCC4)CC(C)O1. The highest BCUT2D eigenvalue weighted by Gasteiger charge is 2.29. The van der Waals surface area contributed by atoms with Crippen molar-refractivity contribution in [3.8, 4) is 0 Å². The number of carbonyl (C=O) groups is 1.